The SMILES string of the molecule is Cc1c(-c2cc(N3C(=O)C4CC5C(=CCC6C(=O)N(C)C(=O)C65)C(c5ccccc5O)C4(C)C3=O)n(C)n2)sc2ccc(Cl)cc12. The number of aromatic hydroxyl groups is 1. The number of allylic oxidation sites excluding steroid dienone is 2. The number of imide groups is 2. The second-order valence-electron chi connectivity index (χ2n) is 13.2. The molecule has 9 nitrogen and oxygen atoms in total. The number of carbonyl (C=O) groups is 4. The van der Waals surface area contributed by atoms with Crippen molar-refractivity contribution in [2.45, 2.75) is 32.6 Å². The summed E-state index contributed by atoms with van der Waals surface area (Å²) in [4.78, 5) is 59.2. The van der Waals surface area contributed by atoms with Crippen molar-refractivity contribution in [3.63, 3.8) is 0 Å². The van der Waals surface area contributed by atoms with Crippen LogP contribution in [0.3, 0.4) is 0 Å². The number of rotatable bonds is 3. The molecule has 2 aromatic carbocycles. The molecule has 8 rings (SSSR count). The topological polar surface area (TPSA) is 113 Å². The number of phenolic OH excluding ortho intramolecular Hbond substituents is 1. The highest BCUT2D eigenvalue weighted by Gasteiger charge is 2.68. The predicted octanol–water partition coefficient (Wildman–Crippen LogP) is 5.83. The van der Waals surface area contributed by atoms with Crippen molar-refractivity contribution in [2.24, 2.45) is 36.1 Å². The third-order valence-corrected chi connectivity index (χ3v) is 12.5. The number of thiophene rings is 1. The Hall–Kier alpha value is -4.28. The lowest BCUT2D eigenvalue weighted by Gasteiger charge is -2.49. The number of carbonyl (C=O) groups excluding carboxylic acids is 4. The normalized spacial score (nSPS) is 29.0. The Labute approximate surface area is 274 Å². The summed E-state index contributed by atoms with van der Waals surface area (Å²) in [6.45, 7) is 3.82. The van der Waals surface area contributed by atoms with E-state index in [0.29, 0.717) is 28.5 Å². The average Bonchev–Trinajstić information content (AvgIpc) is 3.69. The molecule has 1 saturated carbocycles. The third kappa shape index (κ3) is 3.71. The number of fused-ring (bicyclic) bond motifs is 5. The minimum Gasteiger partial charge on any atom is -0.508 e. The van der Waals surface area contributed by atoms with Crippen molar-refractivity contribution in [1.82, 2.24) is 14.7 Å². The van der Waals surface area contributed by atoms with Crippen LogP contribution < -0.4 is 4.90 Å². The molecular weight excluding hydrogens is 624 g/mol. The number of likely N-dealkylation sites (tertiary alicyclic amines) is 1. The number of nitrogens with zero attached hydrogens (tertiary/aromatic N) is 4. The van der Waals surface area contributed by atoms with Gasteiger partial charge in [0.05, 0.1) is 28.0 Å². The van der Waals surface area contributed by atoms with Gasteiger partial charge in [-0.25, -0.2) is 4.90 Å². The Kier molecular flexibility index (Phi) is 6.25. The van der Waals surface area contributed by atoms with Crippen LogP contribution in [0.15, 0.2) is 60.2 Å². The van der Waals surface area contributed by atoms with Gasteiger partial charge in [0.25, 0.3) is 0 Å². The molecule has 4 aliphatic rings. The fourth-order valence-electron chi connectivity index (χ4n) is 8.68. The molecule has 2 aromatic heterocycles. The number of para-hydroxylation sites is 1. The van der Waals surface area contributed by atoms with Crippen LogP contribution in [0.1, 0.15) is 36.8 Å². The van der Waals surface area contributed by atoms with E-state index in [9.17, 15) is 24.3 Å². The van der Waals surface area contributed by atoms with Crippen molar-refractivity contribution in [2.75, 3.05) is 11.9 Å². The van der Waals surface area contributed by atoms with Crippen molar-refractivity contribution in [1.29, 1.82) is 0 Å². The monoisotopic (exact) mass is 654 g/mol. The van der Waals surface area contributed by atoms with Crippen LogP contribution in [0, 0.1) is 36.0 Å². The van der Waals surface area contributed by atoms with Crippen LogP contribution in [-0.4, -0.2) is 50.5 Å². The zero-order valence-electron chi connectivity index (χ0n) is 25.7. The highest BCUT2D eigenvalue weighted by atomic mass is 35.5. The first kappa shape index (κ1) is 29.1. The van der Waals surface area contributed by atoms with Crippen LogP contribution in [0.2, 0.25) is 5.02 Å². The second kappa shape index (κ2) is 9.86. The number of halogens is 1. The Morgan fingerprint density at radius 1 is 1.00 bits per heavy atom. The maximum Gasteiger partial charge on any atom is 0.242 e. The smallest absolute Gasteiger partial charge is 0.242 e. The van der Waals surface area contributed by atoms with Crippen LogP contribution in [-0.2, 0) is 26.2 Å². The van der Waals surface area contributed by atoms with Crippen molar-refractivity contribution < 1.29 is 24.3 Å². The van der Waals surface area contributed by atoms with Gasteiger partial charge in [-0.1, -0.05) is 41.4 Å². The lowest BCUT2D eigenvalue weighted by molar-refractivity contribution is -0.138. The van der Waals surface area contributed by atoms with Gasteiger partial charge in [-0.3, -0.25) is 28.8 Å². The molecule has 46 heavy (non-hydrogen) atoms. The van der Waals surface area contributed by atoms with Gasteiger partial charge < -0.3 is 5.11 Å². The molecule has 4 heterocycles. The molecule has 234 valence electrons. The first-order chi connectivity index (χ1) is 21.9. The van der Waals surface area contributed by atoms with Gasteiger partial charge in [-0.05, 0) is 67.8 Å². The summed E-state index contributed by atoms with van der Waals surface area (Å²) in [5.74, 6) is -3.83. The fraction of sp³-hybridized carbons (Fsp3) is 0.343. The van der Waals surface area contributed by atoms with Gasteiger partial charge in [-0.2, -0.15) is 5.10 Å². The Balaban J connectivity index is 1.26. The lowest BCUT2D eigenvalue weighted by Crippen LogP contribution is -2.48. The minimum absolute atomic E-state index is 0.0175. The molecule has 6 unspecified atom stereocenters. The van der Waals surface area contributed by atoms with Gasteiger partial charge >= 0.3 is 0 Å². The number of hydrogen-bond acceptors (Lipinski definition) is 7. The van der Waals surface area contributed by atoms with E-state index >= 15 is 0 Å². The second-order valence-corrected chi connectivity index (χ2v) is 14.7. The van der Waals surface area contributed by atoms with E-state index in [1.165, 1.54) is 16.8 Å². The predicted molar refractivity (Wildman–Crippen MR) is 174 cm³/mol. The molecule has 0 bridgehead atoms. The summed E-state index contributed by atoms with van der Waals surface area (Å²) >= 11 is 7.85. The van der Waals surface area contributed by atoms with E-state index in [0.717, 1.165) is 26.1 Å². The molecule has 6 atom stereocenters. The Bertz CT molecular complexity index is 2080. The number of phenols is 1. The van der Waals surface area contributed by atoms with E-state index in [1.807, 2.05) is 38.1 Å². The first-order valence-corrected chi connectivity index (χ1v) is 16.5. The summed E-state index contributed by atoms with van der Waals surface area (Å²) in [5.41, 5.74) is 1.77. The molecule has 2 aliphatic carbocycles. The average molecular weight is 655 g/mol. The zero-order valence-corrected chi connectivity index (χ0v) is 27.2. The molecule has 4 amide bonds. The minimum atomic E-state index is -1.25. The van der Waals surface area contributed by atoms with Crippen LogP contribution in [0.4, 0.5) is 5.82 Å². The molecule has 3 fully saturated rings. The van der Waals surface area contributed by atoms with Gasteiger partial charge in [0.1, 0.15) is 17.3 Å². The fourth-order valence-corrected chi connectivity index (χ4v) is 10.00. The number of aromatic nitrogens is 2. The van der Waals surface area contributed by atoms with Crippen molar-refractivity contribution >= 4 is 62.5 Å². The highest BCUT2D eigenvalue weighted by Crippen LogP contribution is 2.64. The molecular formula is C35H31ClN4O5S. The maximum atomic E-state index is 14.8. The van der Waals surface area contributed by atoms with E-state index < -0.39 is 35.0 Å². The lowest BCUT2D eigenvalue weighted by atomic mass is 9.51. The molecule has 1 N–H and O–H groups in total. The standard InChI is InChI=1S/C35H31ClN4O5S/c1-16-21-13-17(36)9-12-26(21)46-30(16)24-15-27(39(4)37-24)40-32(43)23-14-22-18(10-11-20-28(22)33(44)38(3)31(20)42)29(35(23,2)34(40)45)19-7-5-6-8-25(19)41/h5-10,12-13,15,20,22-23,28-29,41H,11,14H2,1-4H3. The van der Waals surface area contributed by atoms with Crippen molar-refractivity contribution in [3.05, 3.63) is 76.3 Å². The van der Waals surface area contributed by atoms with Crippen molar-refractivity contribution in [3.8, 4) is 16.3 Å². The van der Waals surface area contributed by atoms with Crippen LogP contribution in [0.5, 0.6) is 5.75 Å². The number of hydrogen-bond donors (Lipinski definition) is 1. The van der Waals surface area contributed by atoms with Crippen LogP contribution >= 0.6 is 22.9 Å². The number of benzene rings is 2. The number of amides is 4. The summed E-state index contributed by atoms with van der Waals surface area (Å²) in [5, 5.41) is 17.6. The zero-order chi connectivity index (χ0) is 32.4. The van der Waals surface area contributed by atoms with E-state index in [4.69, 9.17) is 16.7 Å². The number of anilines is 1. The summed E-state index contributed by atoms with van der Waals surface area (Å²) < 4.78 is 2.62. The Morgan fingerprint density at radius 3 is 2.52 bits per heavy atom. The summed E-state index contributed by atoms with van der Waals surface area (Å²) in [6, 6.07) is 14.4. The van der Waals surface area contributed by atoms with E-state index in [-0.39, 0.29) is 35.8 Å². The van der Waals surface area contributed by atoms with E-state index in [2.05, 4.69) is 0 Å². The summed E-state index contributed by atoms with van der Waals surface area (Å²) in [6.07, 6.45) is 2.60. The largest absolute Gasteiger partial charge is 0.508 e. The van der Waals surface area contributed by atoms with Gasteiger partial charge in [0.2, 0.25) is 23.6 Å². The first-order valence-electron chi connectivity index (χ1n) is 15.3. The number of aryl methyl sites for hydroxylation is 2. The van der Waals surface area contributed by atoms with Gasteiger partial charge in [-0.15, -0.1) is 11.3 Å². The third-order valence-electron chi connectivity index (χ3n) is 11.0. The quantitative estimate of drug-likeness (QED) is 0.220. The highest BCUT2D eigenvalue weighted by molar-refractivity contribution is 7.22. The van der Waals surface area contributed by atoms with Gasteiger partial charge in [0.15, 0.2) is 0 Å². The molecule has 4 aromatic rings. The summed E-state index contributed by atoms with van der Waals surface area (Å²) in [7, 11) is 3.23. The van der Waals surface area contributed by atoms with Gasteiger partial charge in [0, 0.05) is 41.4 Å². The van der Waals surface area contributed by atoms with Crippen LogP contribution in [0.25, 0.3) is 20.7 Å². The molecule has 2 aliphatic heterocycles. The maximum absolute atomic E-state index is 14.8. The molecule has 2 saturated heterocycles. The molecule has 11 heteroatoms. The van der Waals surface area contributed by atoms with E-state index in [1.54, 1.807) is 53.4 Å². The molecule has 0 radical (unpaired) electrons. The Morgan fingerprint density at radius 2 is 1.76 bits per heavy atom. The molecule has 0 spiro atoms.